The van der Waals surface area contributed by atoms with Crippen LogP contribution in [0, 0.1) is 11.8 Å². The third-order valence-corrected chi connectivity index (χ3v) is 4.29. The molecule has 2 nitrogen and oxygen atoms in total. The van der Waals surface area contributed by atoms with E-state index in [1.807, 2.05) is 12.1 Å². The number of nitrogens with zero attached hydrogens (tertiary/aromatic N) is 1. The summed E-state index contributed by atoms with van der Waals surface area (Å²) in [5, 5.41) is 9.53. The second-order valence-electron chi connectivity index (χ2n) is 5.24. The summed E-state index contributed by atoms with van der Waals surface area (Å²) < 4.78 is 1.06. The zero-order valence-corrected chi connectivity index (χ0v) is 12.2. The van der Waals surface area contributed by atoms with Crippen molar-refractivity contribution in [3.8, 4) is 0 Å². The normalized spacial score (nSPS) is 24.5. The Morgan fingerprint density at radius 1 is 1.53 bits per heavy atom. The van der Waals surface area contributed by atoms with Crippen molar-refractivity contribution in [3.63, 3.8) is 0 Å². The molecule has 1 fully saturated rings. The van der Waals surface area contributed by atoms with Crippen LogP contribution in [0.2, 0.25) is 0 Å². The minimum atomic E-state index is -0.408. The summed E-state index contributed by atoms with van der Waals surface area (Å²) in [7, 11) is 2.13. The van der Waals surface area contributed by atoms with E-state index in [1.165, 1.54) is 12.1 Å². The van der Waals surface area contributed by atoms with Crippen molar-refractivity contribution in [2.45, 2.75) is 26.4 Å². The van der Waals surface area contributed by atoms with Crippen LogP contribution in [0.5, 0.6) is 0 Å². The second kappa shape index (κ2) is 4.99. The van der Waals surface area contributed by atoms with Crippen LogP contribution in [-0.2, 0) is 0 Å². The first kappa shape index (κ1) is 12.9. The molecule has 1 aromatic carbocycles. The molecule has 3 heteroatoms. The zero-order chi connectivity index (χ0) is 12.6. The van der Waals surface area contributed by atoms with Gasteiger partial charge in [-0.15, -0.1) is 0 Å². The fourth-order valence-corrected chi connectivity index (χ4v) is 2.90. The second-order valence-corrected chi connectivity index (χ2v) is 6.09. The topological polar surface area (TPSA) is 23.5 Å². The molecule has 1 saturated carbocycles. The minimum Gasteiger partial charge on any atom is -0.389 e. The van der Waals surface area contributed by atoms with Crippen LogP contribution in [0.25, 0.3) is 0 Å². The lowest BCUT2D eigenvalue weighted by Gasteiger charge is -2.21. The van der Waals surface area contributed by atoms with Crippen LogP contribution in [0.1, 0.15) is 31.9 Å². The Bertz CT molecular complexity index is 405. The summed E-state index contributed by atoms with van der Waals surface area (Å²) in [6.07, 6.45) is 0.947. The summed E-state index contributed by atoms with van der Waals surface area (Å²) in [4.78, 5) is 2.30. The minimum absolute atomic E-state index is 0.408. The van der Waals surface area contributed by atoms with E-state index in [4.69, 9.17) is 0 Å². The lowest BCUT2D eigenvalue weighted by molar-refractivity contribution is 0.199. The Hall–Kier alpha value is -0.540. The summed E-state index contributed by atoms with van der Waals surface area (Å²) in [6.45, 7) is 5.22. The van der Waals surface area contributed by atoms with Crippen LogP contribution in [0.4, 0.5) is 5.69 Å². The first-order valence-corrected chi connectivity index (χ1v) is 6.97. The summed E-state index contributed by atoms with van der Waals surface area (Å²) in [5.74, 6) is 1.73. The molecule has 1 aliphatic carbocycles. The van der Waals surface area contributed by atoms with Crippen molar-refractivity contribution in [1.82, 2.24) is 0 Å². The molecule has 2 unspecified atom stereocenters. The van der Waals surface area contributed by atoms with Crippen molar-refractivity contribution in [1.29, 1.82) is 0 Å². The zero-order valence-electron chi connectivity index (χ0n) is 10.7. The van der Waals surface area contributed by atoms with Gasteiger partial charge in [0, 0.05) is 18.1 Å². The lowest BCUT2D eigenvalue weighted by atomic mass is 10.1. The van der Waals surface area contributed by atoms with Gasteiger partial charge in [-0.1, -0.05) is 13.0 Å². The molecule has 0 spiro atoms. The fraction of sp³-hybridized carbons (Fsp3) is 0.571. The van der Waals surface area contributed by atoms with Gasteiger partial charge in [-0.3, -0.25) is 0 Å². The Balaban J connectivity index is 2.09. The van der Waals surface area contributed by atoms with Crippen molar-refractivity contribution >= 4 is 21.6 Å². The number of aliphatic hydroxyl groups excluding tert-OH is 1. The molecule has 0 aromatic heterocycles. The SMILES string of the molecule is CC1CC1CN(C)c1ccc([C@@H](C)O)cc1Br. The van der Waals surface area contributed by atoms with Crippen LogP contribution in [-0.4, -0.2) is 18.7 Å². The average Bonchev–Trinajstić information content (AvgIpc) is 2.93. The number of aliphatic hydroxyl groups is 1. The predicted molar refractivity (Wildman–Crippen MR) is 75.3 cm³/mol. The van der Waals surface area contributed by atoms with Gasteiger partial charge in [-0.2, -0.15) is 0 Å². The van der Waals surface area contributed by atoms with Gasteiger partial charge in [0.1, 0.15) is 0 Å². The molecule has 0 amide bonds. The van der Waals surface area contributed by atoms with E-state index >= 15 is 0 Å². The molecule has 3 atom stereocenters. The highest BCUT2D eigenvalue weighted by Crippen LogP contribution is 2.39. The van der Waals surface area contributed by atoms with E-state index in [-0.39, 0.29) is 0 Å². The smallest absolute Gasteiger partial charge is 0.0762 e. The molecule has 0 aliphatic heterocycles. The first-order valence-electron chi connectivity index (χ1n) is 6.17. The molecule has 94 valence electrons. The van der Waals surface area contributed by atoms with Crippen molar-refractivity contribution in [3.05, 3.63) is 28.2 Å². The quantitative estimate of drug-likeness (QED) is 0.918. The van der Waals surface area contributed by atoms with Gasteiger partial charge >= 0.3 is 0 Å². The van der Waals surface area contributed by atoms with Gasteiger partial charge in [-0.25, -0.2) is 0 Å². The summed E-state index contributed by atoms with van der Waals surface area (Å²) in [6, 6.07) is 6.09. The van der Waals surface area contributed by atoms with E-state index in [0.29, 0.717) is 0 Å². The standard InChI is InChI=1S/C14H20BrNO/c1-9-6-12(9)8-16(3)14-5-4-11(10(2)17)7-13(14)15/h4-5,7,9-10,12,17H,6,8H2,1-3H3/t9?,10-,12?/m1/s1. The molecule has 0 heterocycles. The van der Waals surface area contributed by atoms with Gasteiger partial charge in [0.05, 0.1) is 11.8 Å². The average molecular weight is 298 g/mol. The molecule has 1 N–H and O–H groups in total. The molecule has 1 aliphatic rings. The third-order valence-electron chi connectivity index (χ3n) is 3.65. The Morgan fingerprint density at radius 3 is 2.65 bits per heavy atom. The number of benzene rings is 1. The largest absolute Gasteiger partial charge is 0.389 e. The highest BCUT2D eigenvalue weighted by molar-refractivity contribution is 9.10. The molecule has 0 saturated heterocycles. The van der Waals surface area contributed by atoms with Crippen molar-refractivity contribution in [2.75, 3.05) is 18.5 Å². The summed E-state index contributed by atoms with van der Waals surface area (Å²) in [5.41, 5.74) is 2.15. The highest BCUT2D eigenvalue weighted by atomic mass is 79.9. The monoisotopic (exact) mass is 297 g/mol. The predicted octanol–water partition coefficient (Wildman–Crippen LogP) is 3.59. The molecule has 2 rings (SSSR count). The van der Waals surface area contributed by atoms with Gasteiger partial charge in [0.15, 0.2) is 0 Å². The number of anilines is 1. The first-order chi connectivity index (χ1) is 7.99. The molecule has 1 aromatic rings. The maximum Gasteiger partial charge on any atom is 0.0762 e. The van der Waals surface area contributed by atoms with Crippen molar-refractivity contribution < 1.29 is 5.11 Å². The molecule has 0 bridgehead atoms. The third kappa shape index (κ3) is 3.02. The molecule has 17 heavy (non-hydrogen) atoms. The number of hydrogen-bond donors (Lipinski definition) is 1. The Labute approximate surface area is 112 Å². The van der Waals surface area contributed by atoms with E-state index in [9.17, 15) is 5.11 Å². The lowest BCUT2D eigenvalue weighted by Crippen LogP contribution is -2.21. The van der Waals surface area contributed by atoms with E-state index in [2.05, 4.69) is 40.9 Å². The number of rotatable bonds is 4. The Kier molecular flexibility index (Phi) is 3.79. The van der Waals surface area contributed by atoms with Crippen LogP contribution < -0.4 is 4.90 Å². The maximum absolute atomic E-state index is 9.53. The van der Waals surface area contributed by atoms with E-state index in [0.717, 1.165) is 28.4 Å². The molecular formula is C14H20BrNO. The van der Waals surface area contributed by atoms with Gasteiger partial charge < -0.3 is 10.0 Å². The fourth-order valence-electron chi connectivity index (χ4n) is 2.20. The maximum atomic E-state index is 9.53. The van der Waals surface area contributed by atoms with Crippen LogP contribution in [0.15, 0.2) is 22.7 Å². The van der Waals surface area contributed by atoms with Gasteiger partial charge in [0.25, 0.3) is 0 Å². The van der Waals surface area contributed by atoms with Crippen molar-refractivity contribution in [2.24, 2.45) is 11.8 Å². The van der Waals surface area contributed by atoms with E-state index < -0.39 is 6.10 Å². The highest BCUT2D eigenvalue weighted by Gasteiger charge is 2.33. The molecule has 0 radical (unpaired) electrons. The Morgan fingerprint density at radius 2 is 2.18 bits per heavy atom. The van der Waals surface area contributed by atoms with Gasteiger partial charge in [-0.05, 0) is 58.8 Å². The number of hydrogen-bond acceptors (Lipinski definition) is 2. The van der Waals surface area contributed by atoms with E-state index in [1.54, 1.807) is 6.92 Å². The molecular weight excluding hydrogens is 278 g/mol. The van der Waals surface area contributed by atoms with Crippen LogP contribution in [0.3, 0.4) is 0 Å². The number of halogens is 1. The van der Waals surface area contributed by atoms with Gasteiger partial charge in [0.2, 0.25) is 0 Å². The van der Waals surface area contributed by atoms with Crippen LogP contribution >= 0.6 is 15.9 Å². The summed E-state index contributed by atoms with van der Waals surface area (Å²) >= 11 is 3.59.